The molecule has 0 aliphatic carbocycles. The number of nitro groups is 1. The van der Waals surface area contributed by atoms with Crippen molar-refractivity contribution < 1.29 is 42.5 Å². The molecule has 2 aliphatic rings. The summed E-state index contributed by atoms with van der Waals surface area (Å²) in [6.45, 7) is 1.98. The number of hydrogen-bond donors (Lipinski definition) is 1. The summed E-state index contributed by atoms with van der Waals surface area (Å²) in [5, 5.41) is 12.3. The van der Waals surface area contributed by atoms with Crippen LogP contribution in [0, 0.1) is 10.1 Å². The van der Waals surface area contributed by atoms with Crippen LogP contribution >= 0.6 is 0 Å². The van der Waals surface area contributed by atoms with E-state index in [0.29, 0.717) is 11.3 Å². The van der Waals surface area contributed by atoms with Crippen LogP contribution in [0.4, 0.5) is 5.69 Å². The van der Waals surface area contributed by atoms with E-state index in [2.05, 4.69) is 5.32 Å². The zero-order valence-electron chi connectivity index (χ0n) is 21.4. The van der Waals surface area contributed by atoms with Gasteiger partial charge in [0.15, 0.2) is 6.61 Å². The van der Waals surface area contributed by atoms with Crippen LogP contribution in [0.3, 0.4) is 0 Å². The maximum atomic E-state index is 13.2. The highest BCUT2D eigenvalue weighted by Gasteiger charge is 2.58. The number of hydrogen-bond acceptors (Lipinski definition) is 10. The lowest BCUT2D eigenvalue weighted by molar-refractivity contribution is -0.384. The van der Waals surface area contributed by atoms with E-state index in [4.69, 9.17) is 14.2 Å². The molecule has 13 nitrogen and oxygen atoms in total. The van der Waals surface area contributed by atoms with E-state index in [-0.39, 0.29) is 35.9 Å². The maximum Gasteiger partial charge on any atom is 0.355 e. The first-order chi connectivity index (χ1) is 19.1. The van der Waals surface area contributed by atoms with E-state index in [0.717, 1.165) is 4.90 Å². The first-order valence-corrected chi connectivity index (χ1v) is 13.4. The molecule has 0 spiro atoms. The number of amides is 2. The van der Waals surface area contributed by atoms with Crippen LogP contribution in [0.2, 0.25) is 0 Å². The van der Waals surface area contributed by atoms with Gasteiger partial charge in [0.1, 0.15) is 35.6 Å². The number of carbonyl (C=O) groups is 4. The molecule has 40 heavy (non-hydrogen) atoms. The normalized spacial score (nSPS) is 20.5. The van der Waals surface area contributed by atoms with Gasteiger partial charge in [-0.1, -0.05) is 18.2 Å². The van der Waals surface area contributed by atoms with E-state index in [1.807, 2.05) is 0 Å². The molecule has 0 radical (unpaired) electrons. The summed E-state index contributed by atoms with van der Waals surface area (Å²) in [5.74, 6) is -2.67. The summed E-state index contributed by atoms with van der Waals surface area (Å²) < 4.78 is 29.1. The van der Waals surface area contributed by atoms with E-state index >= 15 is 0 Å². The molecule has 2 heterocycles. The van der Waals surface area contributed by atoms with Crippen molar-refractivity contribution in [2.24, 2.45) is 0 Å². The van der Waals surface area contributed by atoms with Crippen molar-refractivity contribution in [3.8, 4) is 5.75 Å². The number of nitrogens with zero attached hydrogens (tertiary/aromatic N) is 2. The van der Waals surface area contributed by atoms with Gasteiger partial charge in [0, 0.05) is 24.6 Å². The topological polar surface area (TPSA) is 171 Å². The van der Waals surface area contributed by atoms with Crippen LogP contribution in [0.25, 0.3) is 0 Å². The predicted octanol–water partition coefficient (Wildman–Crippen LogP) is 1.34. The van der Waals surface area contributed by atoms with E-state index in [9.17, 15) is 33.5 Å². The van der Waals surface area contributed by atoms with Gasteiger partial charge in [-0.2, -0.15) is 0 Å². The first-order valence-electron chi connectivity index (χ1n) is 12.0. The molecule has 2 aromatic rings. The lowest BCUT2D eigenvalue weighted by Crippen LogP contribution is -2.74. The summed E-state index contributed by atoms with van der Waals surface area (Å²) in [4.78, 5) is 61.8. The first kappa shape index (κ1) is 28.4. The van der Waals surface area contributed by atoms with Crippen molar-refractivity contribution in [3.05, 3.63) is 81.5 Å². The number of benzene rings is 2. The van der Waals surface area contributed by atoms with Crippen LogP contribution in [0.15, 0.2) is 65.9 Å². The Morgan fingerprint density at radius 1 is 1.15 bits per heavy atom. The average molecular weight is 572 g/mol. The number of non-ortho nitro benzene ring substituents is 1. The van der Waals surface area contributed by atoms with Crippen molar-refractivity contribution in [2.75, 3.05) is 12.4 Å². The second-order valence-electron chi connectivity index (χ2n) is 8.90. The van der Waals surface area contributed by atoms with Crippen LogP contribution in [-0.4, -0.2) is 67.7 Å². The lowest BCUT2D eigenvalue weighted by atomic mass is 10.0. The Morgan fingerprint density at radius 2 is 1.82 bits per heavy atom. The van der Waals surface area contributed by atoms with Crippen LogP contribution < -0.4 is 10.1 Å². The largest absolute Gasteiger partial charge is 0.484 e. The minimum absolute atomic E-state index is 0.129. The molecule has 2 aliphatic heterocycles. The van der Waals surface area contributed by atoms with Gasteiger partial charge in [-0.25, -0.2) is 4.79 Å². The summed E-state index contributed by atoms with van der Waals surface area (Å²) in [7, 11) is -1.76. The monoisotopic (exact) mass is 571 g/mol. The number of esters is 2. The van der Waals surface area contributed by atoms with E-state index < -0.39 is 57.0 Å². The molecule has 4 atom stereocenters. The number of rotatable bonds is 10. The Kier molecular flexibility index (Phi) is 8.58. The molecule has 2 aromatic carbocycles. The number of β-lactam (4-membered cyclic amide) rings is 1. The molecule has 2 unspecified atom stereocenters. The third kappa shape index (κ3) is 6.17. The van der Waals surface area contributed by atoms with Gasteiger partial charge >= 0.3 is 11.9 Å². The van der Waals surface area contributed by atoms with Gasteiger partial charge in [-0.15, -0.1) is 0 Å². The SMILES string of the molecule is CC(=O)OC(C)C1=C(C(=O)OCc2ccc([N+](=O)[O-])cc2)N2C(=O)[C@@H](NC(=O)COc3ccccc3)[C@@H]2S(=O)C1. The molecule has 1 fully saturated rings. The number of fused-ring (bicyclic) bond motifs is 1. The lowest BCUT2D eigenvalue weighted by Gasteiger charge is -2.49. The number of ether oxygens (including phenoxy) is 3. The second-order valence-corrected chi connectivity index (χ2v) is 10.4. The predicted molar refractivity (Wildman–Crippen MR) is 139 cm³/mol. The van der Waals surface area contributed by atoms with E-state index in [1.165, 1.54) is 38.1 Å². The Hall–Kier alpha value is -4.59. The second kappa shape index (κ2) is 12.1. The van der Waals surface area contributed by atoms with Crippen molar-refractivity contribution >= 4 is 40.2 Å². The van der Waals surface area contributed by atoms with E-state index in [1.54, 1.807) is 30.3 Å². The van der Waals surface area contributed by atoms with Crippen molar-refractivity contribution in [1.82, 2.24) is 10.2 Å². The summed E-state index contributed by atoms with van der Waals surface area (Å²) in [5.41, 5.74) is 0.213. The van der Waals surface area contributed by atoms with Crippen LogP contribution in [0.5, 0.6) is 5.75 Å². The smallest absolute Gasteiger partial charge is 0.355 e. The molecule has 0 aromatic heterocycles. The van der Waals surface area contributed by atoms with Gasteiger partial charge in [0.05, 0.1) is 21.5 Å². The molecule has 2 amide bonds. The quantitative estimate of drug-likeness (QED) is 0.190. The highest BCUT2D eigenvalue weighted by atomic mass is 32.2. The highest BCUT2D eigenvalue weighted by Crippen LogP contribution is 2.37. The number of carbonyl (C=O) groups excluding carboxylic acids is 4. The molecule has 210 valence electrons. The minimum atomic E-state index is -1.76. The number of para-hydroxylation sites is 1. The van der Waals surface area contributed by atoms with Crippen molar-refractivity contribution in [3.63, 3.8) is 0 Å². The number of nitro benzene ring substituents is 1. The van der Waals surface area contributed by atoms with Gasteiger partial charge in [-0.05, 0) is 36.8 Å². The maximum absolute atomic E-state index is 13.2. The van der Waals surface area contributed by atoms with Crippen molar-refractivity contribution in [1.29, 1.82) is 0 Å². The molecular formula is C26H25N3O10S. The minimum Gasteiger partial charge on any atom is -0.484 e. The van der Waals surface area contributed by atoms with Gasteiger partial charge in [-0.3, -0.25) is 33.6 Å². The molecule has 0 saturated carbocycles. The molecular weight excluding hydrogens is 546 g/mol. The standard InChI is InChI=1S/C26H25N3O10S/c1-15(39-16(2)30)20-14-40(36)25-22(27-21(31)13-37-19-6-4-3-5-7-19)24(32)28(25)23(20)26(33)38-12-17-8-10-18(11-9-17)29(34)35/h3-11,15,22,25H,12-14H2,1-2H3,(H,27,31)/t15?,22-,25+,40?/m1/s1. The number of nitrogens with one attached hydrogen (secondary N) is 1. The highest BCUT2D eigenvalue weighted by molar-refractivity contribution is 7.86. The summed E-state index contributed by atoms with van der Waals surface area (Å²) in [6.07, 6.45) is -0.995. The Bertz CT molecular complexity index is 1390. The van der Waals surface area contributed by atoms with Crippen LogP contribution in [-0.2, 0) is 46.1 Å². The molecule has 14 heteroatoms. The van der Waals surface area contributed by atoms with Gasteiger partial charge in [0.25, 0.3) is 17.5 Å². The van der Waals surface area contributed by atoms with Gasteiger partial charge < -0.3 is 19.5 Å². The zero-order chi connectivity index (χ0) is 29.0. The van der Waals surface area contributed by atoms with Crippen LogP contribution in [0.1, 0.15) is 19.4 Å². The average Bonchev–Trinajstić information content (AvgIpc) is 2.93. The summed E-state index contributed by atoms with van der Waals surface area (Å²) in [6, 6.07) is 12.7. The fourth-order valence-electron chi connectivity index (χ4n) is 4.24. The Balaban J connectivity index is 1.51. The Morgan fingerprint density at radius 3 is 2.45 bits per heavy atom. The fourth-order valence-corrected chi connectivity index (χ4v) is 6.02. The molecule has 4 rings (SSSR count). The molecule has 1 saturated heterocycles. The third-order valence-electron chi connectivity index (χ3n) is 6.13. The molecule has 1 N–H and O–H groups in total. The van der Waals surface area contributed by atoms with Crippen molar-refractivity contribution in [2.45, 2.75) is 38.0 Å². The van der Waals surface area contributed by atoms with Gasteiger partial charge in [0.2, 0.25) is 0 Å². The third-order valence-corrected chi connectivity index (χ3v) is 7.75. The Labute approximate surface area is 230 Å². The summed E-state index contributed by atoms with van der Waals surface area (Å²) >= 11 is 0. The fraction of sp³-hybridized carbons (Fsp3) is 0.308. The zero-order valence-corrected chi connectivity index (χ0v) is 22.3. The molecule has 0 bridgehead atoms.